The van der Waals surface area contributed by atoms with Crippen LogP contribution in [0.5, 0.6) is 0 Å². The van der Waals surface area contributed by atoms with Gasteiger partial charge in [-0.15, -0.1) is 0 Å². The van der Waals surface area contributed by atoms with Crippen LogP contribution in [0.25, 0.3) is 0 Å². The Kier molecular flexibility index (Phi) is 5.46. The van der Waals surface area contributed by atoms with Gasteiger partial charge in [0.15, 0.2) is 0 Å². The fourth-order valence-electron chi connectivity index (χ4n) is 0.823. The molecule has 1 atom stereocenters. The van der Waals surface area contributed by atoms with E-state index in [1.54, 1.807) is 13.8 Å². The van der Waals surface area contributed by atoms with Crippen molar-refractivity contribution in [2.45, 2.75) is 39.8 Å². The van der Waals surface area contributed by atoms with E-state index in [9.17, 15) is 4.79 Å². The quantitative estimate of drug-likeness (QED) is 0.697. The second-order valence-corrected chi connectivity index (χ2v) is 3.63. The molecule has 0 saturated carbocycles. The third kappa shape index (κ3) is 5.47. The molecular weight excluding hydrogens is 170 g/mol. The van der Waals surface area contributed by atoms with Crippen molar-refractivity contribution in [2.24, 2.45) is 5.92 Å². The van der Waals surface area contributed by atoms with Gasteiger partial charge >= 0.3 is 6.09 Å². The molecule has 0 bridgehead atoms. The number of carbonyl (C=O) groups is 1. The molecule has 0 spiro atoms. The van der Waals surface area contributed by atoms with E-state index in [4.69, 9.17) is 9.84 Å². The molecule has 0 aromatic heterocycles. The minimum Gasteiger partial charge on any atom is -0.447 e. The molecule has 78 valence electrons. The normalized spacial score (nSPS) is 13.2. The molecule has 0 aromatic carbocycles. The van der Waals surface area contributed by atoms with Crippen LogP contribution in [0.4, 0.5) is 4.79 Å². The molecule has 1 unspecified atom stereocenters. The number of aliphatic hydroxyl groups excluding tert-OH is 1. The molecule has 2 N–H and O–H groups in total. The largest absolute Gasteiger partial charge is 0.447 e. The van der Waals surface area contributed by atoms with Gasteiger partial charge in [0.2, 0.25) is 0 Å². The van der Waals surface area contributed by atoms with E-state index >= 15 is 0 Å². The highest BCUT2D eigenvalue weighted by molar-refractivity contribution is 5.67. The zero-order chi connectivity index (χ0) is 10.4. The molecular formula is C9H19NO3. The van der Waals surface area contributed by atoms with E-state index in [2.05, 4.69) is 5.32 Å². The number of carbonyl (C=O) groups excluding carboxylic acids is 1. The molecule has 0 aliphatic carbocycles. The smallest absolute Gasteiger partial charge is 0.407 e. The highest BCUT2D eigenvalue weighted by Gasteiger charge is 2.16. The summed E-state index contributed by atoms with van der Waals surface area (Å²) >= 11 is 0. The van der Waals surface area contributed by atoms with Crippen LogP contribution < -0.4 is 5.32 Å². The summed E-state index contributed by atoms with van der Waals surface area (Å²) in [5.74, 6) is 0.199. The predicted octanol–water partition coefficient (Wildman–Crippen LogP) is 1.14. The summed E-state index contributed by atoms with van der Waals surface area (Å²) in [6, 6.07) is -0.230. The lowest BCUT2D eigenvalue weighted by atomic mass is 10.1. The Balaban J connectivity index is 3.87. The van der Waals surface area contributed by atoms with Crippen molar-refractivity contribution in [1.29, 1.82) is 0 Å². The average Bonchev–Trinajstić information content (AvgIpc) is 1.98. The number of amides is 1. The number of ether oxygens (including phenoxy) is 1. The van der Waals surface area contributed by atoms with Gasteiger partial charge in [-0.1, -0.05) is 13.8 Å². The van der Waals surface area contributed by atoms with Crippen molar-refractivity contribution >= 4 is 6.09 Å². The molecule has 0 rings (SSSR count). The van der Waals surface area contributed by atoms with Crippen LogP contribution in [0.1, 0.15) is 27.7 Å². The van der Waals surface area contributed by atoms with Crippen LogP contribution in [0, 0.1) is 5.92 Å². The maximum atomic E-state index is 11.1. The van der Waals surface area contributed by atoms with Crippen LogP contribution in [0.15, 0.2) is 0 Å². The lowest BCUT2D eigenvalue weighted by Crippen LogP contribution is -2.42. The molecule has 4 nitrogen and oxygen atoms in total. The molecule has 1 amide bonds. The predicted molar refractivity (Wildman–Crippen MR) is 50.5 cm³/mol. The van der Waals surface area contributed by atoms with Crippen LogP contribution in [0.2, 0.25) is 0 Å². The zero-order valence-electron chi connectivity index (χ0n) is 8.70. The Morgan fingerprint density at radius 2 is 1.92 bits per heavy atom. The van der Waals surface area contributed by atoms with Crippen molar-refractivity contribution in [1.82, 2.24) is 5.32 Å². The van der Waals surface area contributed by atoms with Crippen molar-refractivity contribution in [3.8, 4) is 0 Å². The van der Waals surface area contributed by atoms with Gasteiger partial charge < -0.3 is 15.2 Å². The molecule has 4 heteroatoms. The number of hydrogen-bond donors (Lipinski definition) is 2. The average molecular weight is 189 g/mol. The first-order valence-corrected chi connectivity index (χ1v) is 4.55. The second kappa shape index (κ2) is 5.80. The maximum absolute atomic E-state index is 11.1. The summed E-state index contributed by atoms with van der Waals surface area (Å²) in [5.41, 5.74) is 0. The maximum Gasteiger partial charge on any atom is 0.407 e. The fourth-order valence-corrected chi connectivity index (χ4v) is 0.823. The van der Waals surface area contributed by atoms with Crippen molar-refractivity contribution in [2.75, 3.05) is 6.61 Å². The first-order chi connectivity index (χ1) is 5.97. The third-order valence-corrected chi connectivity index (χ3v) is 1.65. The lowest BCUT2D eigenvalue weighted by Gasteiger charge is -2.20. The fraction of sp³-hybridized carbons (Fsp3) is 0.889. The summed E-state index contributed by atoms with van der Waals surface area (Å²) in [6.07, 6.45) is -0.603. The minimum atomic E-state index is -0.470. The van der Waals surface area contributed by atoms with Gasteiger partial charge in [-0.3, -0.25) is 0 Å². The first-order valence-electron chi connectivity index (χ1n) is 4.55. The van der Waals surface area contributed by atoms with Gasteiger partial charge in [-0.2, -0.15) is 0 Å². The molecule has 0 aromatic rings. The highest BCUT2D eigenvalue weighted by Crippen LogP contribution is 2.01. The summed E-state index contributed by atoms with van der Waals surface area (Å²) in [5, 5.41) is 11.5. The number of hydrogen-bond acceptors (Lipinski definition) is 3. The van der Waals surface area contributed by atoms with E-state index in [0.29, 0.717) is 0 Å². The molecule has 0 aliphatic rings. The van der Waals surface area contributed by atoms with Gasteiger partial charge in [0.1, 0.15) is 0 Å². The van der Waals surface area contributed by atoms with Crippen molar-refractivity contribution in [3.63, 3.8) is 0 Å². The monoisotopic (exact) mass is 189 g/mol. The van der Waals surface area contributed by atoms with Crippen LogP contribution >= 0.6 is 0 Å². The van der Waals surface area contributed by atoms with Crippen LogP contribution in [-0.4, -0.2) is 30.0 Å². The van der Waals surface area contributed by atoms with Gasteiger partial charge in [0, 0.05) is 0 Å². The Bertz CT molecular complexity index is 157. The highest BCUT2D eigenvalue weighted by atomic mass is 16.6. The second-order valence-electron chi connectivity index (χ2n) is 3.63. The van der Waals surface area contributed by atoms with Gasteiger partial charge in [0.25, 0.3) is 0 Å². The van der Waals surface area contributed by atoms with Crippen molar-refractivity contribution < 1.29 is 14.6 Å². The summed E-state index contributed by atoms with van der Waals surface area (Å²) < 4.78 is 4.87. The zero-order valence-corrected chi connectivity index (χ0v) is 8.70. The SMILES string of the molecule is CC(C)OC(=O)NC(CO)C(C)C. The van der Waals surface area contributed by atoms with E-state index < -0.39 is 6.09 Å². The van der Waals surface area contributed by atoms with E-state index in [0.717, 1.165) is 0 Å². The van der Waals surface area contributed by atoms with Crippen LogP contribution in [-0.2, 0) is 4.74 Å². The van der Waals surface area contributed by atoms with E-state index in [1.807, 2.05) is 13.8 Å². The minimum absolute atomic E-state index is 0.0646. The first kappa shape index (κ1) is 12.2. The van der Waals surface area contributed by atoms with Gasteiger partial charge in [-0.05, 0) is 19.8 Å². The number of nitrogens with one attached hydrogen (secondary N) is 1. The van der Waals surface area contributed by atoms with Crippen LogP contribution in [0.3, 0.4) is 0 Å². The molecule has 0 radical (unpaired) electrons. The van der Waals surface area contributed by atoms with Gasteiger partial charge in [-0.25, -0.2) is 4.79 Å². The standard InChI is InChI=1S/C9H19NO3/c1-6(2)8(5-11)10-9(12)13-7(3)4/h6-8,11H,5H2,1-4H3,(H,10,12). The molecule has 0 aliphatic heterocycles. The number of rotatable bonds is 4. The summed E-state index contributed by atoms with van der Waals surface area (Å²) in [4.78, 5) is 11.1. The number of aliphatic hydroxyl groups is 1. The molecule has 0 saturated heterocycles. The Morgan fingerprint density at radius 3 is 2.23 bits per heavy atom. The third-order valence-electron chi connectivity index (χ3n) is 1.65. The van der Waals surface area contributed by atoms with Gasteiger partial charge in [0.05, 0.1) is 18.8 Å². The Hall–Kier alpha value is -0.770. The van der Waals surface area contributed by atoms with E-state index in [1.165, 1.54) is 0 Å². The molecule has 0 heterocycles. The molecule has 0 fully saturated rings. The summed E-state index contributed by atoms with van der Waals surface area (Å²) in [6.45, 7) is 7.35. The topological polar surface area (TPSA) is 58.6 Å². The van der Waals surface area contributed by atoms with E-state index in [-0.39, 0.29) is 24.7 Å². The number of alkyl carbamates (subject to hydrolysis) is 1. The Morgan fingerprint density at radius 1 is 1.38 bits per heavy atom. The van der Waals surface area contributed by atoms with Crippen molar-refractivity contribution in [3.05, 3.63) is 0 Å². The summed E-state index contributed by atoms with van der Waals surface area (Å²) in [7, 11) is 0. The lowest BCUT2D eigenvalue weighted by molar-refractivity contribution is 0.103. The molecule has 13 heavy (non-hydrogen) atoms. The Labute approximate surface area is 79.3 Å².